The van der Waals surface area contributed by atoms with Gasteiger partial charge in [-0.1, -0.05) is 0 Å². The summed E-state index contributed by atoms with van der Waals surface area (Å²) in [6.07, 6.45) is -0.632. The number of epoxide rings is 1. The van der Waals surface area contributed by atoms with E-state index in [9.17, 15) is 13.2 Å². The minimum absolute atomic E-state index is 0.0199. The highest BCUT2D eigenvalue weighted by atomic mass is 19.4. The van der Waals surface area contributed by atoms with Gasteiger partial charge in [-0.3, -0.25) is 4.90 Å². The Balaban J connectivity index is 1.71. The fourth-order valence-electron chi connectivity index (χ4n) is 3.20. The Kier molecular flexibility index (Phi) is 1.90. The van der Waals surface area contributed by atoms with Crippen LogP contribution in [-0.4, -0.2) is 41.9 Å². The number of rotatable bonds is 1. The Morgan fingerprint density at radius 3 is 2.13 bits per heavy atom. The van der Waals surface area contributed by atoms with E-state index in [1.165, 1.54) is 0 Å². The maximum absolute atomic E-state index is 12.3. The van der Waals surface area contributed by atoms with E-state index in [0.717, 1.165) is 32.3 Å². The lowest BCUT2D eigenvalue weighted by Gasteiger charge is -2.38. The molecule has 3 heterocycles. The van der Waals surface area contributed by atoms with Crippen molar-refractivity contribution in [2.75, 3.05) is 13.2 Å². The molecule has 1 unspecified atom stereocenters. The van der Waals surface area contributed by atoms with E-state index in [-0.39, 0.29) is 17.7 Å². The zero-order valence-electron chi connectivity index (χ0n) is 8.39. The first-order valence-corrected chi connectivity index (χ1v) is 5.44. The van der Waals surface area contributed by atoms with Crippen molar-refractivity contribution in [1.82, 2.24) is 4.90 Å². The van der Waals surface area contributed by atoms with Crippen molar-refractivity contribution < 1.29 is 17.9 Å². The fraction of sp³-hybridized carbons (Fsp3) is 1.00. The summed E-state index contributed by atoms with van der Waals surface area (Å²) in [6, 6.07) is 0.209. The molecule has 0 radical (unpaired) electrons. The summed E-state index contributed by atoms with van der Waals surface area (Å²) in [5, 5.41) is 0. The second-order valence-corrected chi connectivity index (χ2v) is 5.05. The first-order chi connectivity index (χ1) is 6.98. The average molecular weight is 221 g/mol. The molecule has 0 aromatic rings. The number of piperidine rings is 1. The third-order valence-corrected chi connectivity index (χ3v) is 3.90. The van der Waals surface area contributed by atoms with Crippen molar-refractivity contribution in [3.8, 4) is 0 Å². The summed E-state index contributed by atoms with van der Waals surface area (Å²) < 4.78 is 42.4. The van der Waals surface area contributed by atoms with Gasteiger partial charge in [-0.15, -0.1) is 0 Å². The van der Waals surface area contributed by atoms with Gasteiger partial charge in [0.25, 0.3) is 0 Å². The molecule has 3 saturated heterocycles. The molecule has 3 aliphatic rings. The highest BCUT2D eigenvalue weighted by molar-refractivity contribution is 5.08. The number of nitrogens with zero attached hydrogens (tertiary/aromatic N) is 1. The third-order valence-electron chi connectivity index (χ3n) is 3.90. The van der Waals surface area contributed by atoms with Crippen LogP contribution in [0.3, 0.4) is 0 Å². The molecule has 0 aromatic heterocycles. The smallest absolute Gasteiger partial charge is 0.369 e. The largest absolute Gasteiger partial charge is 0.401 e. The van der Waals surface area contributed by atoms with Crippen molar-refractivity contribution in [2.24, 2.45) is 0 Å². The molecule has 3 atom stereocenters. The predicted molar refractivity (Wildman–Crippen MR) is 47.5 cm³/mol. The van der Waals surface area contributed by atoms with Gasteiger partial charge in [-0.05, 0) is 25.7 Å². The van der Waals surface area contributed by atoms with Crippen molar-refractivity contribution in [3.63, 3.8) is 0 Å². The zero-order valence-corrected chi connectivity index (χ0v) is 8.39. The SMILES string of the molecule is FC(F)(F)CN1[C@@H]2CC[C@H]1CC1(CO1)C2. The van der Waals surface area contributed by atoms with Crippen molar-refractivity contribution in [2.45, 2.75) is 49.5 Å². The van der Waals surface area contributed by atoms with Gasteiger partial charge in [0.05, 0.1) is 18.8 Å². The number of hydrogen-bond donors (Lipinski definition) is 0. The Labute approximate surface area is 86.4 Å². The molecule has 3 rings (SSSR count). The second kappa shape index (κ2) is 2.88. The first kappa shape index (κ1) is 9.90. The number of hydrogen-bond acceptors (Lipinski definition) is 2. The molecule has 0 saturated carbocycles. The van der Waals surface area contributed by atoms with Crippen molar-refractivity contribution in [1.29, 1.82) is 0 Å². The highest BCUT2D eigenvalue weighted by Gasteiger charge is 2.57. The molecule has 1 spiro atoms. The molecule has 0 aromatic carbocycles. The van der Waals surface area contributed by atoms with Gasteiger partial charge in [0, 0.05) is 12.1 Å². The van der Waals surface area contributed by atoms with Gasteiger partial charge >= 0.3 is 6.18 Å². The maximum atomic E-state index is 12.3. The van der Waals surface area contributed by atoms with Crippen LogP contribution in [0.1, 0.15) is 25.7 Å². The lowest BCUT2D eigenvalue weighted by Crippen LogP contribution is -2.49. The Morgan fingerprint density at radius 2 is 1.73 bits per heavy atom. The Bertz CT molecular complexity index is 258. The third kappa shape index (κ3) is 1.76. The minimum atomic E-state index is -4.06. The molecule has 5 heteroatoms. The van der Waals surface area contributed by atoms with Crippen LogP contribution in [0.2, 0.25) is 0 Å². The quantitative estimate of drug-likeness (QED) is 0.629. The molecular weight excluding hydrogens is 207 g/mol. The van der Waals surface area contributed by atoms with Crippen LogP contribution in [0.25, 0.3) is 0 Å². The Hall–Kier alpha value is -0.290. The average Bonchev–Trinajstić information content (AvgIpc) is 2.81. The van der Waals surface area contributed by atoms with Gasteiger partial charge in [-0.2, -0.15) is 13.2 Å². The summed E-state index contributed by atoms with van der Waals surface area (Å²) in [6.45, 7) is 0.0261. The number of fused-ring (bicyclic) bond motifs is 2. The van der Waals surface area contributed by atoms with Crippen LogP contribution in [0, 0.1) is 0 Å². The summed E-state index contributed by atoms with van der Waals surface area (Å²) in [5.41, 5.74) is -0.0199. The molecule has 3 aliphatic heterocycles. The van der Waals surface area contributed by atoms with Crippen molar-refractivity contribution in [3.05, 3.63) is 0 Å². The Morgan fingerprint density at radius 1 is 1.20 bits per heavy atom. The van der Waals surface area contributed by atoms with E-state index in [0.29, 0.717) is 0 Å². The number of halogens is 3. The van der Waals surface area contributed by atoms with Crippen LogP contribution in [0.5, 0.6) is 0 Å². The van der Waals surface area contributed by atoms with Crippen LogP contribution in [-0.2, 0) is 4.74 Å². The van der Waals surface area contributed by atoms with Crippen LogP contribution in [0.15, 0.2) is 0 Å². The molecule has 86 valence electrons. The summed E-state index contributed by atoms with van der Waals surface area (Å²) >= 11 is 0. The van der Waals surface area contributed by atoms with E-state index in [1.54, 1.807) is 4.90 Å². The van der Waals surface area contributed by atoms with E-state index in [1.807, 2.05) is 0 Å². The lowest BCUT2D eigenvalue weighted by molar-refractivity contribution is -0.157. The van der Waals surface area contributed by atoms with Crippen LogP contribution in [0.4, 0.5) is 13.2 Å². The summed E-state index contributed by atoms with van der Waals surface area (Å²) in [5.74, 6) is 0. The zero-order chi connectivity index (χ0) is 10.7. The maximum Gasteiger partial charge on any atom is 0.401 e. The molecule has 0 N–H and O–H groups in total. The molecule has 15 heavy (non-hydrogen) atoms. The monoisotopic (exact) mass is 221 g/mol. The first-order valence-electron chi connectivity index (χ1n) is 5.44. The predicted octanol–water partition coefficient (Wildman–Crippen LogP) is 1.94. The van der Waals surface area contributed by atoms with E-state index < -0.39 is 12.7 Å². The topological polar surface area (TPSA) is 15.8 Å². The lowest BCUT2D eigenvalue weighted by atomic mass is 9.91. The van der Waals surface area contributed by atoms with Gasteiger partial charge in [0.1, 0.15) is 0 Å². The second-order valence-electron chi connectivity index (χ2n) is 5.05. The molecule has 0 aliphatic carbocycles. The molecule has 0 amide bonds. The van der Waals surface area contributed by atoms with Gasteiger partial charge in [0.2, 0.25) is 0 Å². The van der Waals surface area contributed by atoms with Crippen molar-refractivity contribution >= 4 is 0 Å². The van der Waals surface area contributed by atoms with Crippen LogP contribution < -0.4 is 0 Å². The minimum Gasteiger partial charge on any atom is -0.369 e. The summed E-state index contributed by atoms with van der Waals surface area (Å²) in [4.78, 5) is 1.65. The van der Waals surface area contributed by atoms with Gasteiger partial charge in [-0.25, -0.2) is 0 Å². The van der Waals surface area contributed by atoms with Gasteiger partial charge in [0.15, 0.2) is 0 Å². The fourth-order valence-corrected chi connectivity index (χ4v) is 3.20. The van der Waals surface area contributed by atoms with E-state index >= 15 is 0 Å². The van der Waals surface area contributed by atoms with Crippen LogP contribution >= 0.6 is 0 Å². The molecular formula is C10H14F3NO. The van der Waals surface area contributed by atoms with E-state index in [4.69, 9.17) is 4.74 Å². The highest BCUT2D eigenvalue weighted by Crippen LogP contribution is 2.49. The standard InChI is InChI=1S/C10H14F3NO/c11-10(12,13)5-14-7-1-2-8(14)4-9(3-7)6-15-9/h7-8H,1-6H2/t7-,8+,9?. The van der Waals surface area contributed by atoms with E-state index in [2.05, 4.69) is 0 Å². The number of ether oxygens (including phenoxy) is 1. The molecule has 2 nitrogen and oxygen atoms in total. The molecule has 3 fully saturated rings. The summed E-state index contributed by atoms with van der Waals surface area (Å²) in [7, 11) is 0. The molecule has 2 bridgehead atoms. The van der Waals surface area contributed by atoms with Gasteiger partial charge < -0.3 is 4.74 Å². The normalized spacial score (nSPS) is 45.0. The number of alkyl halides is 3.